The van der Waals surface area contributed by atoms with Crippen LogP contribution in [-0.2, 0) is 4.74 Å². The van der Waals surface area contributed by atoms with Gasteiger partial charge in [0.15, 0.2) is 0 Å². The van der Waals surface area contributed by atoms with Crippen molar-refractivity contribution in [1.82, 2.24) is 10.2 Å². The summed E-state index contributed by atoms with van der Waals surface area (Å²) in [5.74, 6) is 0. The molecule has 0 spiro atoms. The first kappa shape index (κ1) is 14.9. The second kappa shape index (κ2) is 6.72. The van der Waals surface area contributed by atoms with E-state index in [1.54, 1.807) is 0 Å². The van der Waals surface area contributed by atoms with Gasteiger partial charge in [0.2, 0.25) is 0 Å². The molecule has 1 fully saturated rings. The van der Waals surface area contributed by atoms with Crippen LogP contribution < -0.4 is 5.32 Å². The van der Waals surface area contributed by atoms with Crippen LogP contribution in [0.25, 0.3) is 0 Å². The van der Waals surface area contributed by atoms with Gasteiger partial charge in [0.05, 0.1) is 12.7 Å². The summed E-state index contributed by atoms with van der Waals surface area (Å²) in [6.45, 7) is 15.2. The number of ether oxygens (including phenoxy) is 1. The smallest absolute Gasteiger partial charge is 0.0597 e. The lowest BCUT2D eigenvalue weighted by Gasteiger charge is -2.46. The molecule has 1 heterocycles. The quantitative estimate of drug-likeness (QED) is 0.773. The van der Waals surface area contributed by atoms with Crippen LogP contribution in [0.4, 0.5) is 0 Å². The van der Waals surface area contributed by atoms with Gasteiger partial charge in [0.25, 0.3) is 0 Å². The zero-order chi connectivity index (χ0) is 12.9. The molecule has 0 saturated carbocycles. The van der Waals surface area contributed by atoms with E-state index >= 15 is 0 Å². The average Bonchev–Trinajstić information content (AvgIpc) is 2.22. The molecule has 1 aliphatic rings. The molecule has 1 rings (SSSR count). The highest BCUT2D eigenvalue weighted by molar-refractivity contribution is 4.92. The van der Waals surface area contributed by atoms with Crippen molar-refractivity contribution in [2.75, 3.05) is 26.2 Å². The third-order valence-electron chi connectivity index (χ3n) is 3.57. The number of piperazine rings is 1. The second-order valence-electron chi connectivity index (χ2n) is 6.04. The van der Waals surface area contributed by atoms with Crippen molar-refractivity contribution in [3.8, 4) is 0 Å². The van der Waals surface area contributed by atoms with Crippen LogP contribution >= 0.6 is 0 Å². The Morgan fingerprint density at radius 1 is 1.41 bits per heavy atom. The SMILES string of the molecule is CCCC1CN(CCOC(C)C)C(C)(C)CN1. The van der Waals surface area contributed by atoms with Gasteiger partial charge in [-0.1, -0.05) is 13.3 Å². The summed E-state index contributed by atoms with van der Waals surface area (Å²) in [7, 11) is 0. The van der Waals surface area contributed by atoms with Crippen LogP contribution in [-0.4, -0.2) is 48.8 Å². The van der Waals surface area contributed by atoms with Crippen LogP contribution in [0.15, 0.2) is 0 Å². The standard InChI is InChI=1S/C14H30N2O/c1-6-7-13-10-16(8-9-17-12(2)3)14(4,5)11-15-13/h12-13,15H,6-11H2,1-5H3. The van der Waals surface area contributed by atoms with Gasteiger partial charge in [-0.3, -0.25) is 4.90 Å². The van der Waals surface area contributed by atoms with Crippen LogP contribution in [0.1, 0.15) is 47.5 Å². The maximum Gasteiger partial charge on any atom is 0.0597 e. The first-order valence-electron chi connectivity index (χ1n) is 7.05. The molecule has 0 aliphatic carbocycles. The molecule has 17 heavy (non-hydrogen) atoms. The van der Waals surface area contributed by atoms with E-state index in [2.05, 4.69) is 44.8 Å². The van der Waals surface area contributed by atoms with E-state index in [1.807, 2.05) is 0 Å². The molecular weight excluding hydrogens is 212 g/mol. The van der Waals surface area contributed by atoms with Gasteiger partial charge in [-0.15, -0.1) is 0 Å². The van der Waals surface area contributed by atoms with Crippen molar-refractivity contribution in [2.45, 2.75) is 65.1 Å². The second-order valence-corrected chi connectivity index (χ2v) is 6.04. The monoisotopic (exact) mass is 242 g/mol. The maximum atomic E-state index is 5.67. The molecule has 0 aromatic rings. The minimum absolute atomic E-state index is 0.255. The van der Waals surface area contributed by atoms with Gasteiger partial charge in [-0.25, -0.2) is 0 Å². The summed E-state index contributed by atoms with van der Waals surface area (Å²) in [5.41, 5.74) is 0.255. The van der Waals surface area contributed by atoms with Crippen molar-refractivity contribution in [3.05, 3.63) is 0 Å². The average molecular weight is 242 g/mol. The van der Waals surface area contributed by atoms with E-state index in [-0.39, 0.29) is 5.54 Å². The normalized spacial score (nSPS) is 25.4. The lowest BCUT2D eigenvalue weighted by Crippen LogP contribution is -2.62. The summed E-state index contributed by atoms with van der Waals surface area (Å²) < 4.78 is 5.67. The number of rotatable bonds is 6. The van der Waals surface area contributed by atoms with E-state index < -0.39 is 0 Å². The minimum atomic E-state index is 0.255. The summed E-state index contributed by atoms with van der Waals surface area (Å²) in [4.78, 5) is 2.58. The van der Waals surface area contributed by atoms with Gasteiger partial charge < -0.3 is 10.1 Å². The fourth-order valence-electron chi connectivity index (χ4n) is 2.42. The Kier molecular flexibility index (Phi) is 5.90. The summed E-state index contributed by atoms with van der Waals surface area (Å²) >= 11 is 0. The molecule has 0 amide bonds. The topological polar surface area (TPSA) is 24.5 Å². The van der Waals surface area contributed by atoms with Gasteiger partial charge in [0, 0.05) is 31.2 Å². The maximum absolute atomic E-state index is 5.67. The first-order chi connectivity index (χ1) is 7.95. The van der Waals surface area contributed by atoms with E-state index in [0.717, 1.165) is 26.2 Å². The Bertz CT molecular complexity index is 216. The summed E-state index contributed by atoms with van der Waals surface area (Å²) in [5, 5.41) is 3.66. The zero-order valence-corrected chi connectivity index (χ0v) is 12.3. The fourth-order valence-corrected chi connectivity index (χ4v) is 2.42. The molecule has 1 N–H and O–H groups in total. The highest BCUT2D eigenvalue weighted by Gasteiger charge is 2.33. The minimum Gasteiger partial charge on any atom is -0.377 e. The number of nitrogens with zero attached hydrogens (tertiary/aromatic N) is 1. The van der Waals surface area contributed by atoms with Crippen molar-refractivity contribution < 1.29 is 4.74 Å². The van der Waals surface area contributed by atoms with Gasteiger partial charge in [-0.05, 0) is 34.1 Å². The molecule has 0 radical (unpaired) electrons. The summed E-state index contributed by atoms with van der Waals surface area (Å²) in [6, 6.07) is 0.659. The van der Waals surface area contributed by atoms with E-state index in [1.165, 1.54) is 12.8 Å². The third-order valence-corrected chi connectivity index (χ3v) is 3.57. The lowest BCUT2D eigenvalue weighted by atomic mass is 9.96. The van der Waals surface area contributed by atoms with Crippen LogP contribution in [0.5, 0.6) is 0 Å². The predicted molar refractivity (Wildman–Crippen MR) is 73.4 cm³/mol. The van der Waals surface area contributed by atoms with Crippen molar-refractivity contribution >= 4 is 0 Å². The molecule has 0 bridgehead atoms. The Morgan fingerprint density at radius 3 is 2.71 bits per heavy atom. The molecule has 3 heteroatoms. The molecule has 0 aromatic heterocycles. The van der Waals surface area contributed by atoms with Crippen LogP contribution in [0, 0.1) is 0 Å². The third kappa shape index (κ3) is 4.94. The van der Waals surface area contributed by atoms with E-state index in [9.17, 15) is 0 Å². The van der Waals surface area contributed by atoms with Gasteiger partial charge >= 0.3 is 0 Å². The Morgan fingerprint density at radius 2 is 2.12 bits per heavy atom. The Hall–Kier alpha value is -0.120. The molecule has 1 saturated heterocycles. The van der Waals surface area contributed by atoms with Crippen LogP contribution in [0.3, 0.4) is 0 Å². The van der Waals surface area contributed by atoms with Gasteiger partial charge in [-0.2, -0.15) is 0 Å². The van der Waals surface area contributed by atoms with Crippen LogP contribution in [0.2, 0.25) is 0 Å². The molecule has 102 valence electrons. The molecular formula is C14H30N2O. The largest absolute Gasteiger partial charge is 0.377 e. The van der Waals surface area contributed by atoms with E-state index in [4.69, 9.17) is 4.74 Å². The fraction of sp³-hybridized carbons (Fsp3) is 1.00. The number of hydrogen-bond acceptors (Lipinski definition) is 3. The number of hydrogen-bond donors (Lipinski definition) is 1. The molecule has 1 unspecified atom stereocenters. The van der Waals surface area contributed by atoms with Crippen molar-refractivity contribution in [1.29, 1.82) is 0 Å². The highest BCUT2D eigenvalue weighted by Crippen LogP contribution is 2.19. The highest BCUT2D eigenvalue weighted by atomic mass is 16.5. The molecule has 1 aliphatic heterocycles. The van der Waals surface area contributed by atoms with E-state index in [0.29, 0.717) is 12.1 Å². The number of nitrogens with one attached hydrogen (secondary N) is 1. The molecule has 3 nitrogen and oxygen atoms in total. The van der Waals surface area contributed by atoms with Crippen molar-refractivity contribution in [3.63, 3.8) is 0 Å². The zero-order valence-electron chi connectivity index (χ0n) is 12.3. The Balaban J connectivity index is 2.41. The lowest BCUT2D eigenvalue weighted by molar-refractivity contribution is 0.0102. The van der Waals surface area contributed by atoms with Crippen molar-refractivity contribution in [2.24, 2.45) is 0 Å². The Labute approximate surface area is 107 Å². The first-order valence-corrected chi connectivity index (χ1v) is 7.05. The predicted octanol–water partition coefficient (Wildman–Crippen LogP) is 2.26. The molecule has 1 atom stereocenters. The van der Waals surface area contributed by atoms with Gasteiger partial charge in [0.1, 0.15) is 0 Å². The summed E-state index contributed by atoms with van der Waals surface area (Å²) in [6.07, 6.45) is 2.87. The molecule has 0 aromatic carbocycles.